The van der Waals surface area contributed by atoms with Crippen LogP contribution in [0, 0.1) is 0 Å². The molecule has 11 heteroatoms. The Balaban J connectivity index is 1.46. The molecule has 2 fully saturated rings. The molecule has 0 amide bonds. The third kappa shape index (κ3) is 6.29. The van der Waals surface area contributed by atoms with Crippen LogP contribution in [-0.2, 0) is 27.2 Å². The molecule has 0 N–H and O–H groups in total. The molecule has 1 aromatic carbocycles. The number of pyridine rings is 1. The highest BCUT2D eigenvalue weighted by Gasteiger charge is 2.32. The molecular weight excluding hydrogens is 476 g/mol. The molecule has 0 saturated carbocycles. The second-order valence-corrected chi connectivity index (χ2v) is 9.61. The number of hydrogen-bond acceptors (Lipinski definition) is 6. The summed E-state index contributed by atoms with van der Waals surface area (Å²) in [6.45, 7) is 8.14. The third-order valence-corrected chi connectivity index (χ3v) is 7.44. The van der Waals surface area contributed by atoms with Crippen LogP contribution >= 0.6 is 0 Å². The van der Waals surface area contributed by atoms with Crippen LogP contribution in [0.1, 0.15) is 11.3 Å². The molecule has 1 unspecified atom stereocenters. The lowest BCUT2D eigenvalue weighted by Crippen LogP contribution is -2.57. The van der Waals surface area contributed by atoms with Crippen LogP contribution in [-0.4, -0.2) is 83.2 Å². The number of para-hydroxylation sites is 1. The van der Waals surface area contributed by atoms with E-state index in [4.69, 9.17) is 9.47 Å². The first-order valence-electron chi connectivity index (χ1n) is 11.3. The molecule has 8 nitrogen and oxygen atoms in total. The van der Waals surface area contributed by atoms with Gasteiger partial charge in [-0.1, -0.05) is 24.8 Å². The molecule has 0 spiro atoms. The Kier molecular flexibility index (Phi) is 8.55. The summed E-state index contributed by atoms with van der Waals surface area (Å²) in [6, 6.07) is 13.5. The molecule has 2 aromatic rings. The van der Waals surface area contributed by atoms with E-state index in [1.54, 1.807) is 12.1 Å². The first kappa shape index (κ1) is 25.4. The van der Waals surface area contributed by atoms with Crippen LogP contribution in [0.3, 0.4) is 0 Å². The zero-order chi connectivity index (χ0) is 24.8. The van der Waals surface area contributed by atoms with E-state index in [1.165, 1.54) is 13.2 Å². The number of benzene rings is 1. The van der Waals surface area contributed by atoms with Crippen LogP contribution in [0.2, 0.25) is 0 Å². The van der Waals surface area contributed by atoms with Crippen molar-refractivity contribution in [3.63, 3.8) is 0 Å². The fourth-order valence-electron chi connectivity index (χ4n) is 3.82. The van der Waals surface area contributed by atoms with Gasteiger partial charge < -0.3 is 9.47 Å². The van der Waals surface area contributed by atoms with Gasteiger partial charge in [0, 0.05) is 39.4 Å². The summed E-state index contributed by atoms with van der Waals surface area (Å²) in [7, 11) is 1.44. The summed E-state index contributed by atoms with van der Waals surface area (Å²) in [4.78, 5) is 10.8. The molecule has 0 aliphatic carbocycles. The number of ether oxygens (including phenoxy) is 2. The van der Waals surface area contributed by atoms with E-state index in [-0.39, 0.29) is 5.90 Å². The summed E-state index contributed by atoms with van der Waals surface area (Å²) in [5.74, 6) is -0.669. The fourth-order valence-corrected chi connectivity index (χ4v) is 5.12. The fraction of sp³-hybridized carbons (Fsp3) is 0.417. The first-order valence-corrected chi connectivity index (χ1v) is 12.4. The number of anilines is 1. The Morgan fingerprint density at radius 1 is 1.23 bits per heavy atom. The largest absolute Gasteiger partial charge is 0.438 e. The highest BCUT2D eigenvalue weighted by molar-refractivity contribution is 7.84. The lowest BCUT2D eigenvalue weighted by Gasteiger charge is -2.42. The molecule has 35 heavy (non-hydrogen) atoms. The number of halogens is 2. The van der Waals surface area contributed by atoms with Gasteiger partial charge in [-0.15, -0.1) is 0 Å². The molecule has 188 valence electrons. The maximum Gasteiger partial charge on any atom is 0.294 e. The van der Waals surface area contributed by atoms with Gasteiger partial charge in [0.25, 0.3) is 6.43 Å². The van der Waals surface area contributed by atoms with Gasteiger partial charge in [-0.25, -0.2) is 17.3 Å². The van der Waals surface area contributed by atoms with E-state index in [9.17, 15) is 13.0 Å². The van der Waals surface area contributed by atoms with Gasteiger partial charge in [0.2, 0.25) is 5.90 Å². The third-order valence-electron chi connectivity index (χ3n) is 5.92. The Morgan fingerprint density at radius 2 is 1.94 bits per heavy atom. The molecule has 2 aliphatic rings. The SMILES string of the molecule is C=C(OC(=NC)c1ccc(CN(c2ccccc2)S(=O)N2CCN(C3COC3)CC2)nc1)C(F)F. The van der Waals surface area contributed by atoms with Crippen molar-refractivity contribution in [2.75, 3.05) is 50.7 Å². The molecule has 2 saturated heterocycles. The number of aromatic nitrogens is 1. The number of hydrogen-bond donors (Lipinski definition) is 0. The van der Waals surface area contributed by atoms with Crippen molar-refractivity contribution in [3.05, 3.63) is 72.3 Å². The van der Waals surface area contributed by atoms with E-state index in [2.05, 4.69) is 21.5 Å². The molecule has 0 bridgehead atoms. The molecule has 0 radical (unpaired) electrons. The van der Waals surface area contributed by atoms with Gasteiger partial charge in [0.15, 0.2) is 16.9 Å². The van der Waals surface area contributed by atoms with Gasteiger partial charge in [0.1, 0.15) is 0 Å². The van der Waals surface area contributed by atoms with E-state index in [0.717, 1.165) is 32.0 Å². The first-order chi connectivity index (χ1) is 17.0. The zero-order valence-electron chi connectivity index (χ0n) is 19.6. The van der Waals surface area contributed by atoms with Gasteiger partial charge in [-0.2, -0.15) is 0 Å². The van der Waals surface area contributed by atoms with Crippen molar-refractivity contribution in [1.29, 1.82) is 0 Å². The van der Waals surface area contributed by atoms with Crippen molar-refractivity contribution in [2.45, 2.75) is 19.0 Å². The summed E-state index contributed by atoms with van der Waals surface area (Å²) in [6.07, 6.45) is -1.31. The highest BCUT2D eigenvalue weighted by Crippen LogP contribution is 2.22. The minimum atomic E-state index is -2.81. The quantitative estimate of drug-likeness (QED) is 0.298. The van der Waals surface area contributed by atoms with Crippen molar-refractivity contribution in [2.24, 2.45) is 4.99 Å². The molecule has 3 heterocycles. The Bertz CT molecular complexity index is 1040. The molecule has 1 atom stereocenters. The number of rotatable bonds is 9. The zero-order valence-corrected chi connectivity index (χ0v) is 20.4. The van der Waals surface area contributed by atoms with Crippen molar-refractivity contribution in [1.82, 2.24) is 14.2 Å². The average Bonchev–Trinajstić information content (AvgIpc) is 2.85. The minimum absolute atomic E-state index is 0.00701. The van der Waals surface area contributed by atoms with Crippen LogP contribution in [0.15, 0.2) is 66.0 Å². The maximum absolute atomic E-state index is 13.6. The number of nitrogens with zero attached hydrogens (tertiary/aromatic N) is 5. The second kappa shape index (κ2) is 11.8. The molecule has 1 aromatic heterocycles. The van der Waals surface area contributed by atoms with Crippen molar-refractivity contribution >= 4 is 22.8 Å². The van der Waals surface area contributed by atoms with Crippen LogP contribution in [0.5, 0.6) is 0 Å². The highest BCUT2D eigenvalue weighted by atomic mass is 32.2. The number of allylic oxidation sites excluding steroid dienone is 1. The predicted octanol–water partition coefficient (Wildman–Crippen LogP) is 2.86. The summed E-state index contributed by atoms with van der Waals surface area (Å²) in [5, 5.41) is 0. The Hall–Kier alpha value is -2.73. The standard InChI is InChI=1S/C24H29F2N5O3S/c1-18(23(25)26)34-24(27-2)19-8-9-20(28-14-19)15-31(21-6-4-3-5-7-21)35(32)30-12-10-29(11-13-30)22-16-33-17-22/h3-9,14,22-23H,1,10-13,15-17H2,2H3. The van der Waals surface area contributed by atoms with Gasteiger partial charge in [0.05, 0.1) is 42.7 Å². The maximum atomic E-state index is 13.6. The lowest BCUT2D eigenvalue weighted by atomic mass is 10.2. The van der Waals surface area contributed by atoms with Gasteiger partial charge >= 0.3 is 0 Å². The second-order valence-electron chi connectivity index (χ2n) is 8.20. The number of alkyl halides is 2. The van der Waals surface area contributed by atoms with Gasteiger partial charge in [-0.3, -0.25) is 19.2 Å². The topological polar surface area (TPSA) is 70.5 Å². The van der Waals surface area contributed by atoms with Crippen molar-refractivity contribution in [3.8, 4) is 0 Å². The van der Waals surface area contributed by atoms with E-state index in [1.807, 2.05) is 38.9 Å². The number of aliphatic imine (C=N–C) groups is 1. The Labute approximate surface area is 206 Å². The van der Waals surface area contributed by atoms with Crippen LogP contribution in [0.25, 0.3) is 0 Å². The molecule has 4 rings (SSSR count). The normalized spacial score (nSPS) is 18.8. The summed E-state index contributed by atoms with van der Waals surface area (Å²) in [5.41, 5.74) is 1.93. The van der Waals surface area contributed by atoms with E-state index < -0.39 is 23.4 Å². The molecule has 2 aliphatic heterocycles. The minimum Gasteiger partial charge on any atom is -0.438 e. The van der Waals surface area contributed by atoms with Crippen LogP contribution < -0.4 is 4.31 Å². The molecular formula is C24H29F2N5O3S. The van der Waals surface area contributed by atoms with Gasteiger partial charge in [-0.05, 0) is 24.3 Å². The Morgan fingerprint density at radius 3 is 2.49 bits per heavy atom. The average molecular weight is 506 g/mol. The summed E-state index contributed by atoms with van der Waals surface area (Å²) < 4.78 is 53.4. The predicted molar refractivity (Wildman–Crippen MR) is 131 cm³/mol. The lowest BCUT2D eigenvalue weighted by molar-refractivity contribution is -0.0719. The van der Waals surface area contributed by atoms with Crippen LogP contribution in [0.4, 0.5) is 14.5 Å². The van der Waals surface area contributed by atoms with E-state index >= 15 is 0 Å². The van der Waals surface area contributed by atoms with E-state index in [0.29, 0.717) is 36.9 Å². The smallest absolute Gasteiger partial charge is 0.294 e. The summed E-state index contributed by atoms with van der Waals surface area (Å²) >= 11 is -1.41. The number of piperazine rings is 1. The monoisotopic (exact) mass is 505 g/mol. The van der Waals surface area contributed by atoms with Crippen molar-refractivity contribution < 1.29 is 22.5 Å².